The molecule has 1 aromatic heterocycles. The van der Waals surface area contributed by atoms with Crippen molar-refractivity contribution < 1.29 is 0 Å². The van der Waals surface area contributed by atoms with Crippen LogP contribution in [0.4, 0.5) is 5.82 Å². The fourth-order valence-electron chi connectivity index (χ4n) is 1.29. The molecule has 0 aliphatic carbocycles. The van der Waals surface area contributed by atoms with Gasteiger partial charge in [0.1, 0.15) is 5.82 Å². The number of hydrogen-bond donors (Lipinski definition) is 1. The van der Waals surface area contributed by atoms with E-state index in [0.717, 1.165) is 12.4 Å². The molecule has 0 amide bonds. The minimum atomic E-state index is 0.777. The van der Waals surface area contributed by atoms with Gasteiger partial charge >= 0.3 is 0 Å². The highest BCUT2D eigenvalue weighted by atomic mass is 15.2. The van der Waals surface area contributed by atoms with Crippen LogP contribution in [0.3, 0.4) is 0 Å². The molecule has 0 saturated carbocycles. The molecule has 0 saturated heterocycles. The monoisotopic (exact) mass is 199 g/mol. The molecule has 1 aromatic carbocycles. The van der Waals surface area contributed by atoms with Gasteiger partial charge in [0.25, 0.3) is 0 Å². The Morgan fingerprint density at radius 3 is 2.60 bits per heavy atom. The first kappa shape index (κ1) is 9.65. The lowest BCUT2D eigenvalue weighted by Gasteiger charge is -2.04. The van der Waals surface area contributed by atoms with E-state index in [-0.39, 0.29) is 0 Å². The lowest BCUT2D eigenvalue weighted by Crippen LogP contribution is -2.01. The summed E-state index contributed by atoms with van der Waals surface area (Å²) in [5, 5.41) is 11.0. The maximum absolute atomic E-state index is 3.95. The zero-order chi connectivity index (χ0) is 10.5. The minimum absolute atomic E-state index is 0.777. The molecule has 0 radical (unpaired) electrons. The molecule has 15 heavy (non-hydrogen) atoms. The number of nitrogens with one attached hydrogen (secondary N) is 1. The molecule has 1 N–H and O–H groups in total. The molecule has 3 heteroatoms. The average Bonchev–Trinajstić information content (AvgIpc) is 2.30. The lowest BCUT2D eigenvalue weighted by molar-refractivity contribution is 1.000. The summed E-state index contributed by atoms with van der Waals surface area (Å²) in [5.74, 6) is 0.804. The van der Waals surface area contributed by atoms with Crippen LogP contribution in [-0.4, -0.2) is 10.2 Å². The molecule has 0 fully saturated rings. The predicted octanol–water partition coefficient (Wildman–Crippen LogP) is 2.40. The predicted molar refractivity (Wildman–Crippen MR) is 60.5 cm³/mol. The third-order valence-electron chi connectivity index (χ3n) is 2.17. The highest BCUT2D eigenvalue weighted by molar-refractivity contribution is 5.33. The average molecular weight is 199 g/mol. The normalized spacial score (nSPS) is 9.93. The zero-order valence-corrected chi connectivity index (χ0v) is 8.64. The van der Waals surface area contributed by atoms with Gasteiger partial charge in [0.05, 0.1) is 0 Å². The van der Waals surface area contributed by atoms with Crippen LogP contribution >= 0.6 is 0 Å². The van der Waals surface area contributed by atoms with Crippen molar-refractivity contribution in [2.75, 3.05) is 5.32 Å². The Morgan fingerprint density at radius 1 is 1.13 bits per heavy atom. The smallest absolute Gasteiger partial charge is 0.148 e. The number of aromatic nitrogens is 2. The van der Waals surface area contributed by atoms with Crippen molar-refractivity contribution in [3.8, 4) is 0 Å². The standard InChI is InChI=1S/C12H13N3/c1-10-4-6-11(7-5-10)9-13-12-3-2-8-14-15-12/h2-8H,9H2,1H3,(H,13,15). The van der Waals surface area contributed by atoms with Crippen LogP contribution in [0.5, 0.6) is 0 Å². The first-order chi connectivity index (χ1) is 7.34. The van der Waals surface area contributed by atoms with Crippen molar-refractivity contribution >= 4 is 5.82 Å². The first-order valence-corrected chi connectivity index (χ1v) is 4.92. The largest absolute Gasteiger partial charge is 0.365 e. The molecule has 0 atom stereocenters. The SMILES string of the molecule is Cc1ccc(CNc2cccnn2)cc1. The number of hydrogen-bond acceptors (Lipinski definition) is 3. The van der Waals surface area contributed by atoms with Crippen molar-refractivity contribution in [2.24, 2.45) is 0 Å². The maximum atomic E-state index is 3.95. The third kappa shape index (κ3) is 2.77. The van der Waals surface area contributed by atoms with E-state index in [9.17, 15) is 0 Å². The van der Waals surface area contributed by atoms with E-state index in [2.05, 4.69) is 46.7 Å². The molecule has 3 nitrogen and oxygen atoms in total. The molecule has 0 bridgehead atoms. The summed E-state index contributed by atoms with van der Waals surface area (Å²) in [6.45, 7) is 2.86. The van der Waals surface area contributed by atoms with Gasteiger partial charge in [-0.1, -0.05) is 29.8 Å². The van der Waals surface area contributed by atoms with Gasteiger partial charge in [-0.25, -0.2) is 0 Å². The van der Waals surface area contributed by atoms with Gasteiger partial charge in [0, 0.05) is 12.7 Å². The van der Waals surface area contributed by atoms with Crippen LogP contribution in [0.2, 0.25) is 0 Å². The van der Waals surface area contributed by atoms with E-state index in [0.29, 0.717) is 0 Å². The second-order valence-corrected chi connectivity index (χ2v) is 3.45. The van der Waals surface area contributed by atoms with Crippen LogP contribution in [0, 0.1) is 6.92 Å². The number of nitrogens with zero attached hydrogens (tertiary/aromatic N) is 2. The molecular weight excluding hydrogens is 186 g/mol. The van der Waals surface area contributed by atoms with Gasteiger partial charge in [-0.3, -0.25) is 0 Å². The second kappa shape index (κ2) is 4.55. The summed E-state index contributed by atoms with van der Waals surface area (Å²) >= 11 is 0. The van der Waals surface area contributed by atoms with Crippen molar-refractivity contribution in [2.45, 2.75) is 13.5 Å². The quantitative estimate of drug-likeness (QED) is 0.824. The fourth-order valence-corrected chi connectivity index (χ4v) is 1.29. The lowest BCUT2D eigenvalue weighted by atomic mass is 10.1. The Labute approximate surface area is 89.2 Å². The van der Waals surface area contributed by atoms with Crippen LogP contribution in [0.1, 0.15) is 11.1 Å². The number of benzene rings is 1. The molecule has 1 heterocycles. The molecule has 0 unspecified atom stereocenters. The summed E-state index contributed by atoms with van der Waals surface area (Å²) < 4.78 is 0. The van der Waals surface area contributed by atoms with Crippen molar-refractivity contribution in [1.29, 1.82) is 0 Å². The van der Waals surface area contributed by atoms with Crippen molar-refractivity contribution in [3.63, 3.8) is 0 Å². The summed E-state index contributed by atoms with van der Waals surface area (Å²) in [7, 11) is 0. The first-order valence-electron chi connectivity index (χ1n) is 4.92. The minimum Gasteiger partial charge on any atom is -0.365 e. The molecule has 2 rings (SSSR count). The van der Waals surface area contributed by atoms with Gasteiger partial charge < -0.3 is 5.32 Å². The van der Waals surface area contributed by atoms with Crippen LogP contribution in [0.15, 0.2) is 42.6 Å². The molecule has 0 spiro atoms. The molecular formula is C12H13N3. The Hall–Kier alpha value is -1.90. The Kier molecular flexibility index (Phi) is 2.93. The molecule has 76 valence electrons. The topological polar surface area (TPSA) is 37.8 Å². The highest BCUT2D eigenvalue weighted by Gasteiger charge is 1.94. The number of aryl methyl sites for hydroxylation is 1. The fraction of sp³-hybridized carbons (Fsp3) is 0.167. The third-order valence-corrected chi connectivity index (χ3v) is 2.17. The van der Waals surface area contributed by atoms with Gasteiger partial charge in [-0.05, 0) is 24.6 Å². The van der Waals surface area contributed by atoms with E-state index in [1.807, 2.05) is 12.1 Å². The van der Waals surface area contributed by atoms with Crippen LogP contribution in [0.25, 0.3) is 0 Å². The Balaban J connectivity index is 1.96. The van der Waals surface area contributed by atoms with Gasteiger partial charge in [0.2, 0.25) is 0 Å². The van der Waals surface area contributed by atoms with E-state index < -0.39 is 0 Å². The molecule has 0 aliphatic rings. The highest BCUT2D eigenvalue weighted by Crippen LogP contribution is 2.06. The zero-order valence-electron chi connectivity index (χ0n) is 8.64. The van der Waals surface area contributed by atoms with Crippen molar-refractivity contribution in [3.05, 3.63) is 53.7 Å². The maximum Gasteiger partial charge on any atom is 0.148 e. The molecule has 0 aliphatic heterocycles. The summed E-state index contributed by atoms with van der Waals surface area (Å²) in [6.07, 6.45) is 1.66. The van der Waals surface area contributed by atoms with Gasteiger partial charge in [-0.15, -0.1) is 5.10 Å². The van der Waals surface area contributed by atoms with Gasteiger partial charge in [0.15, 0.2) is 0 Å². The summed E-state index contributed by atoms with van der Waals surface area (Å²) in [4.78, 5) is 0. The number of anilines is 1. The number of rotatable bonds is 3. The summed E-state index contributed by atoms with van der Waals surface area (Å²) in [6, 6.07) is 12.2. The van der Waals surface area contributed by atoms with Crippen LogP contribution < -0.4 is 5.32 Å². The van der Waals surface area contributed by atoms with E-state index >= 15 is 0 Å². The van der Waals surface area contributed by atoms with Crippen molar-refractivity contribution in [1.82, 2.24) is 10.2 Å². The van der Waals surface area contributed by atoms with E-state index in [4.69, 9.17) is 0 Å². The Morgan fingerprint density at radius 2 is 1.93 bits per heavy atom. The molecule has 2 aromatic rings. The van der Waals surface area contributed by atoms with E-state index in [1.54, 1.807) is 6.20 Å². The summed E-state index contributed by atoms with van der Waals surface area (Å²) in [5.41, 5.74) is 2.52. The van der Waals surface area contributed by atoms with Crippen LogP contribution in [-0.2, 0) is 6.54 Å². The second-order valence-electron chi connectivity index (χ2n) is 3.45. The Bertz CT molecular complexity index is 409. The van der Waals surface area contributed by atoms with E-state index in [1.165, 1.54) is 11.1 Å². The van der Waals surface area contributed by atoms with Gasteiger partial charge in [-0.2, -0.15) is 5.10 Å².